The molecule has 4 nitrogen and oxygen atoms in total. The molecule has 1 fully saturated rings. The van der Waals surface area contributed by atoms with Crippen LogP contribution in [0.15, 0.2) is 0 Å². The molecule has 0 aliphatic carbocycles. The van der Waals surface area contributed by atoms with Crippen LogP contribution in [0.5, 0.6) is 0 Å². The normalized spacial score (nSPS) is 24.1. The maximum atomic E-state index is 2.70. The Bertz CT molecular complexity index is 282. The van der Waals surface area contributed by atoms with Gasteiger partial charge in [-0.1, -0.05) is 27.7 Å². The van der Waals surface area contributed by atoms with Crippen LogP contribution in [-0.2, 0) is 0 Å². The molecule has 0 saturated carbocycles. The summed E-state index contributed by atoms with van der Waals surface area (Å²) in [5.74, 6) is 0.726. The van der Waals surface area contributed by atoms with E-state index < -0.39 is 0 Å². The zero-order valence-electron chi connectivity index (χ0n) is 16.0. The molecule has 1 saturated heterocycles. The molecule has 0 aromatic heterocycles. The van der Waals surface area contributed by atoms with Gasteiger partial charge in [0.15, 0.2) is 0 Å². The first kappa shape index (κ1) is 19.9. The molecule has 0 bridgehead atoms. The highest BCUT2D eigenvalue weighted by atomic mass is 15.3. The Hall–Kier alpha value is -0.160. The van der Waals surface area contributed by atoms with Gasteiger partial charge in [0.1, 0.15) is 0 Å². The van der Waals surface area contributed by atoms with Crippen LogP contribution in [0.1, 0.15) is 34.6 Å². The quantitative estimate of drug-likeness (QED) is 0.786. The van der Waals surface area contributed by atoms with Crippen LogP contribution < -0.4 is 0 Å². The van der Waals surface area contributed by atoms with Gasteiger partial charge >= 0.3 is 0 Å². The van der Waals surface area contributed by atoms with Crippen molar-refractivity contribution in [1.82, 2.24) is 19.6 Å². The molecule has 0 spiro atoms. The number of hydrogen-bond donors (Lipinski definition) is 0. The van der Waals surface area contributed by atoms with Crippen molar-refractivity contribution in [2.75, 3.05) is 72.5 Å². The first-order chi connectivity index (χ1) is 10.5. The summed E-state index contributed by atoms with van der Waals surface area (Å²) in [6.07, 6.45) is 0. The SMILES string of the molecule is CCN1CCN(C)CCN(C(C)C(C)C)CCN(CC)CC1. The molecule has 1 rings (SSSR count). The number of likely N-dealkylation sites (N-methyl/N-ethyl adjacent to an activating group) is 3. The predicted octanol–water partition coefficient (Wildman–Crippen LogP) is 1.92. The van der Waals surface area contributed by atoms with Gasteiger partial charge in [-0.25, -0.2) is 0 Å². The molecule has 0 amide bonds. The van der Waals surface area contributed by atoms with Gasteiger partial charge in [-0.05, 0) is 33.0 Å². The van der Waals surface area contributed by atoms with E-state index in [1.807, 2.05) is 0 Å². The zero-order valence-corrected chi connectivity index (χ0v) is 16.0. The summed E-state index contributed by atoms with van der Waals surface area (Å²) in [6.45, 7) is 23.6. The van der Waals surface area contributed by atoms with Crippen molar-refractivity contribution < 1.29 is 0 Å². The van der Waals surface area contributed by atoms with Crippen LogP contribution in [0.3, 0.4) is 0 Å². The minimum atomic E-state index is 0.669. The van der Waals surface area contributed by atoms with Gasteiger partial charge in [-0.15, -0.1) is 0 Å². The van der Waals surface area contributed by atoms with E-state index in [4.69, 9.17) is 0 Å². The maximum absolute atomic E-state index is 2.70. The fourth-order valence-corrected chi connectivity index (χ4v) is 3.07. The first-order valence-electron chi connectivity index (χ1n) is 9.35. The van der Waals surface area contributed by atoms with Crippen LogP contribution in [0.2, 0.25) is 0 Å². The van der Waals surface area contributed by atoms with Gasteiger partial charge in [-0.2, -0.15) is 0 Å². The Morgan fingerprint density at radius 2 is 1.09 bits per heavy atom. The van der Waals surface area contributed by atoms with E-state index in [2.05, 4.69) is 61.3 Å². The van der Waals surface area contributed by atoms with Crippen molar-refractivity contribution in [2.45, 2.75) is 40.7 Å². The molecule has 1 atom stereocenters. The van der Waals surface area contributed by atoms with E-state index in [0.29, 0.717) is 6.04 Å². The minimum absolute atomic E-state index is 0.669. The minimum Gasteiger partial charge on any atom is -0.304 e. The Balaban J connectivity index is 2.68. The van der Waals surface area contributed by atoms with Gasteiger partial charge in [0.05, 0.1) is 0 Å². The molecule has 1 unspecified atom stereocenters. The van der Waals surface area contributed by atoms with Gasteiger partial charge in [0, 0.05) is 58.4 Å². The molecule has 1 aliphatic heterocycles. The van der Waals surface area contributed by atoms with Crippen LogP contribution >= 0.6 is 0 Å². The number of rotatable bonds is 4. The van der Waals surface area contributed by atoms with Gasteiger partial charge in [0.25, 0.3) is 0 Å². The van der Waals surface area contributed by atoms with Gasteiger partial charge in [-0.3, -0.25) is 4.90 Å². The first-order valence-corrected chi connectivity index (χ1v) is 9.35. The van der Waals surface area contributed by atoms with E-state index in [1.54, 1.807) is 0 Å². The monoisotopic (exact) mass is 312 g/mol. The fourth-order valence-electron chi connectivity index (χ4n) is 3.07. The summed E-state index contributed by atoms with van der Waals surface area (Å²) in [5, 5.41) is 0. The molecule has 0 radical (unpaired) electrons. The highest BCUT2D eigenvalue weighted by Gasteiger charge is 2.19. The molecule has 4 heteroatoms. The molecule has 1 heterocycles. The van der Waals surface area contributed by atoms with Crippen molar-refractivity contribution in [3.8, 4) is 0 Å². The van der Waals surface area contributed by atoms with Crippen LogP contribution in [0, 0.1) is 5.92 Å². The molecular weight excluding hydrogens is 272 g/mol. The summed E-state index contributed by atoms with van der Waals surface area (Å²) in [5.41, 5.74) is 0. The average molecular weight is 313 g/mol. The third kappa shape index (κ3) is 6.95. The zero-order chi connectivity index (χ0) is 16.5. The molecule has 0 aromatic rings. The predicted molar refractivity (Wildman–Crippen MR) is 97.6 cm³/mol. The second kappa shape index (κ2) is 10.6. The van der Waals surface area contributed by atoms with E-state index >= 15 is 0 Å². The Kier molecular flexibility index (Phi) is 9.57. The molecule has 22 heavy (non-hydrogen) atoms. The highest BCUT2D eigenvalue weighted by molar-refractivity contribution is 4.75. The van der Waals surface area contributed by atoms with Crippen molar-refractivity contribution in [3.05, 3.63) is 0 Å². The second-order valence-electron chi connectivity index (χ2n) is 7.19. The van der Waals surface area contributed by atoms with Crippen LogP contribution in [0.25, 0.3) is 0 Å². The summed E-state index contributed by atoms with van der Waals surface area (Å²) < 4.78 is 0. The average Bonchev–Trinajstić information content (AvgIpc) is 2.50. The summed E-state index contributed by atoms with van der Waals surface area (Å²) in [7, 11) is 2.27. The van der Waals surface area contributed by atoms with Crippen molar-refractivity contribution in [2.24, 2.45) is 5.92 Å². The van der Waals surface area contributed by atoms with Crippen molar-refractivity contribution >= 4 is 0 Å². The van der Waals surface area contributed by atoms with Crippen LogP contribution in [0.4, 0.5) is 0 Å². The topological polar surface area (TPSA) is 13.0 Å². The lowest BCUT2D eigenvalue weighted by Gasteiger charge is -2.36. The van der Waals surface area contributed by atoms with Crippen LogP contribution in [-0.4, -0.2) is 98.1 Å². The Morgan fingerprint density at radius 1 is 0.682 bits per heavy atom. The fraction of sp³-hybridized carbons (Fsp3) is 1.00. The largest absolute Gasteiger partial charge is 0.304 e. The number of nitrogens with zero attached hydrogens (tertiary/aromatic N) is 4. The standard InChI is InChI=1S/C18H40N4/c1-7-20-11-9-19(6)10-15-22(18(5)17(3)4)16-14-21(8-2)13-12-20/h17-18H,7-16H2,1-6H3. The Labute approximate surface area is 139 Å². The van der Waals surface area contributed by atoms with E-state index in [0.717, 1.165) is 5.92 Å². The molecule has 0 N–H and O–H groups in total. The third-order valence-corrected chi connectivity index (χ3v) is 5.44. The summed E-state index contributed by atoms with van der Waals surface area (Å²) in [4.78, 5) is 10.4. The molecule has 132 valence electrons. The van der Waals surface area contributed by atoms with E-state index in [-0.39, 0.29) is 0 Å². The van der Waals surface area contributed by atoms with E-state index in [9.17, 15) is 0 Å². The van der Waals surface area contributed by atoms with Crippen molar-refractivity contribution in [1.29, 1.82) is 0 Å². The number of hydrogen-bond acceptors (Lipinski definition) is 4. The Morgan fingerprint density at radius 3 is 1.59 bits per heavy atom. The second-order valence-corrected chi connectivity index (χ2v) is 7.19. The third-order valence-electron chi connectivity index (χ3n) is 5.44. The summed E-state index contributed by atoms with van der Waals surface area (Å²) >= 11 is 0. The molecule has 0 aromatic carbocycles. The van der Waals surface area contributed by atoms with E-state index in [1.165, 1.54) is 65.4 Å². The van der Waals surface area contributed by atoms with Gasteiger partial charge < -0.3 is 14.7 Å². The lowest BCUT2D eigenvalue weighted by molar-refractivity contribution is 0.111. The lowest BCUT2D eigenvalue weighted by Crippen LogP contribution is -2.48. The van der Waals surface area contributed by atoms with Gasteiger partial charge in [0.2, 0.25) is 0 Å². The smallest absolute Gasteiger partial charge is 0.0113 e. The summed E-state index contributed by atoms with van der Waals surface area (Å²) in [6, 6.07) is 0.669. The lowest BCUT2D eigenvalue weighted by atomic mass is 10.0. The maximum Gasteiger partial charge on any atom is 0.0113 e. The molecular formula is C18H40N4. The molecule has 1 aliphatic rings. The van der Waals surface area contributed by atoms with Crippen molar-refractivity contribution in [3.63, 3.8) is 0 Å². The highest BCUT2D eigenvalue weighted by Crippen LogP contribution is 2.10.